The van der Waals surface area contributed by atoms with Crippen molar-refractivity contribution < 1.29 is 8.42 Å². The fourth-order valence-corrected chi connectivity index (χ4v) is 5.00. The lowest BCUT2D eigenvalue weighted by atomic mass is 10.1. The highest BCUT2D eigenvalue weighted by molar-refractivity contribution is 7.91. The molecule has 1 aromatic heterocycles. The average molecular weight is 349 g/mol. The molecule has 3 rings (SSSR count). The molecule has 0 amide bonds. The second-order valence-electron chi connectivity index (χ2n) is 5.77. The first kappa shape index (κ1) is 16.3. The van der Waals surface area contributed by atoms with E-state index in [1.807, 2.05) is 29.2 Å². The molecule has 0 saturated carbocycles. The van der Waals surface area contributed by atoms with Crippen molar-refractivity contribution in [2.24, 2.45) is 0 Å². The van der Waals surface area contributed by atoms with Crippen LogP contribution in [-0.2, 0) is 16.4 Å². The lowest BCUT2D eigenvalue weighted by molar-refractivity contribution is 0.231. The summed E-state index contributed by atoms with van der Waals surface area (Å²) in [5.74, 6) is 3.01. The van der Waals surface area contributed by atoms with Crippen LogP contribution in [0.3, 0.4) is 0 Å². The fraction of sp³-hybridized carbons (Fsp3) is 0.353. The van der Waals surface area contributed by atoms with Crippen LogP contribution in [0.25, 0.3) is 10.9 Å². The number of terminal acetylenes is 1. The molecule has 0 spiro atoms. The molecule has 0 N–H and O–H groups in total. The summed E-state index contributed by atoms with van der Waals surface area (Å²) in [4.78, 5) is 6.44. The molecule has 1 unspecified atom stereocenters. The summed E-state index contributed by atoms with van der Waals surface area (Å²) < 4.78 is 23.5. The van der Waals surface area contributed by atoms with E-state index in [2.05, 4.69) is 10.9 Å². The maximum absolute atomic E-state index is 11.8. The highest BCUT2D eigenvalue weighted by atomic mass is 35.5. The molecule has 1 saturated heterocycles. The summed E-state index contributed by atoms with van der Waals surface area (Å²) in [6.07, 6.45) is 7.82. The quantitative estimate of drug-likeness (QED) is 0.797. The van der Waals surface area contributed by atoms with Crippen LogP contribution in [0.5, 0.6) is 0 Å². The van der Waals surface area contributed by atoms with Crippen LogP contribution in [0.15, 0.2) is 30.5 Å². The van der Waals surface area contributed by atoms with Crippen LogP contribution in [0.1, 0.15) is 12.0 Å². The first-order valence-electron chi connectivity index (χ1n) is 7.40. The smallest absolute Gasteiger partial charge is 0.151 e. The Hall–Kier alpha value is -1.61. The van der Waals surface area contributed by atoms with Gasteiger partial charge in [-0.25, -0.2) is 8.42 Å². The molecule has 0 bridgehead atoms. The van der Waals surface area contributed by atoms with Gasteiger partial charge in [-0.3, -0.25) is 9.88 Å². The van der Waals surface area contributed by atoms with Gasteiger partial charge in [0.25, 0.3) is 0 Å². The molecule has 2 heterocycles. The highest BCUT2D eigenvalue weighted by Crippen LogP contribution is 2.28. The second-order valence-corrected chi connectivity index (χ2v) is 8.40. The van der Waals surface area contributed by atoms with E-state index in [1.165, 1.54) is 0 Å². The standard InChI is InChI=1S/C17H17ClN2O2S/c1-2-9-20(14-7-10-23(21,22)12-14)11-15-16(18)6-5-13-4-3-8-19-17(13)15/h1,3-6,8,14H,7,9-12H2. The van der Waals surface area contributed by atoms with E-state index in [1.54, 1.807) is 6.20 Å². The van der Waals surface area contributed by atoms with Crippen molar-refractivity contribution in [1.82, 2.24) is 9.88 Å². The average Bonchev–Trinajstić information content (AvgIpc) is 2.89. The van der Waals surface area contributed by atoms with Gasteiger partial charge in [-0.15, -0.1) is 6.42 Å². The monoisotopic (exact) mass is 348 g/mol. The third-order valence-corrected chi connectivity index (χ3v) is 6.31. The van der Waals surface area contributed by atoms with E-state index in [0.717, 1.165) is 16.5 Å². The summed E-state index contributed by atoms with van der Waals surface area (Å²) in [5, 5.41) is 1.63. The summed E-state index contributed by atoms with van der Waals surface area (Å²) >= 11 is 6.37. The molecule has 4 nitrogen and oxygen atoms in total. The molecule has 1 fully saturated rings. The molecule has 23 heavy (non-hydrogen) atoms. The van der Waals surface area contributed by atoms with Crippen LogP contribution < -0.4 is 0 Å². The predicted octanol–water partition coefficient (Wildman–Crippen LogP) is 2.51. The Labute approximate surface area is 141 Å². The SMILES string of the molecule is C#CCN(Cc1c(Cl)ccc2cccnc12)C1CCS(=O)(=O)C1. The van der Waals surface area contributed by atoms with Crippen molar-refractivity contribution in [2.75, 3.05) is 18.1 Å². The maximum atomic E-state index is 11.8. The van der Waals surface area contributed by atoms with Crippen LogP contribution >= 0.6 is 11.6 Å². The molecule has 1 atom stereocenters. The number of nitrogens with zero attached hydrogens (tertiary/aromatic N) is 2. The van der Waals surface area contributed by atoms with Gasteiger partial charge in [0.05, 0.1) is 23.6 Å². The van der Waals surface area contributed by atoms with Gasteiger partial charge >= 0.3 is 0 Å². The Morgan fingerprint density at radius 1 is 1.39 bits per heavy atom. The Morgan fingerprint density at radius 3 is 2.91 bits per heavy atom. The summed E-state index contributed by atoms with van der Waals surface area (Å²) in [6, 6.07) is 7.57. The number of pyridine rings is 1. The first-order chi connectivity index (χ1) is 11.0. The van der Waals surface area contributed by atoms with Crippen LogP contribution in [0.4, 0.5) is 0 Å². The zero-order chi connectivity index (χ0) is 16.4. The largest absolute Gasteiger partial charge is 0.284 e. The van der Waals surface area contributed by atoms with Crippen molar-refractivity contribution in [3.8, 4) is 12.3 Å². The van der Waals surface area contributed by atoms with E-state index in [9.17, 15) is 8.42 Å². The van der Waals surface area contributed by atoms with Gasteiger partial charge < -0.3 is 0 Å². The lowest BCUT2D eigenvalue weighted by Gasteiger charge is -2.26. The minimum Gasteiger partial charge on any atom is -0.284 e. The fourth-order valence-electron chi connectivity index (χ4n) is 3.03. The van der Waals surface area contributed by atoms with Crippen molar-refractivity contribution in [3.05, 3.63) is 41.0 Å². The number of halogens is 1. The van der Waals surface area contributed by atoms with Crippen LogP contribution in [0, 0.1) is 12.3 Å². The van der Waals surface area contributed by atoms with E-state index in [4.69, 9.17) is 18.0 Å². The Kier molecular flexibility index (Phi) is 4.58. The molecule has 6 heteroatoms. The number of aromatic nitrogens is 1. The van der Waals surface area contributed by atoms with Gasteiger partial charge in [0, 0.05) is 34.8 Å². The number of hydrogen-bond donors (Lipinski definition) is 0. The first-order valence-corrected chi connectivity index (χ1v) is 9.60. The highest BCUT2D eigenvalue weighted by Gasteiger charge is 2.32. The van der Waals surface area contributed by atoms with Crippen molar-refractivity contribution in [1.29, 1.82) is 0 Å². The topological polar surface area (TPSA) is 50.3 Å². The third kappa shape index (κ3) is 3.50. The van der Waals surface area contributed by atoms with Gasteiger partial charge in [0.1, 0.15) is 0 Å². The van der Waals surface area contributed by atoms with Gasteiger partial charge in [-0.05, 0) is 18.6 Å². The molecule has 120 valence electrons. The zero-order valence-corrected chi connectivity index (χ0v) is 14.1. The molecule has 1 aliphatic rings. The number of fused-ring (bicyclic) bond motifs is 1. The Morgan fingerprint density at radius 2 is 2.22 bits per heavy atom. The molecule has 1 aromatic carbocycles. The molecule has 0 radical (unpaired) electrons. The number of sulfone groups is 1. The van der Waals surface area contributed by atoms with E-state index in [-0.39, 0.29) is 17.5 Å². The van der Waals surface area contributed by atoms with Gasteiger partial charge in [0.15, 0.2) is 9.84 Å². The molecular formula is C17H17ClN2O2S. The Balaban J connectivity index is 1.95. The predicted molar refractivity (Wildman–Crippen MR) is 93.1 cm³/mol. The molecule has 1 aliphatic heterocycles. The third-order valence-electron chi connectivity index (χ3n) is 4.20. The minimum atomic E-state index is -2.96. The van der Waals surface area contributed by atoms with Crippen molar-refractivity contribution >= 4 is 32.3 Å². The molecule has 2 aromatic rings. The van der Waals surface area contributed by atoms with Crippen LogP contribution in [0.2, 0.25) is 5.02 Å². The zero-order valence-electron chi connectivity index (χ0n) is 12.6. The summed E-state index contributed by atoms with van der Waals surface area (Å²) in [6.45, 7) is 0.886. The van der Waals surface area contributed by atoms with Gasteiger partial charge in [-0.2, -0.15) is 0 Å². The number of rotatable bonds is 4. The normalized spacial score (nSPS) is 20.0. The maximum Gasteiger partial charge on any atom is 0.151 e. The number of hydrogen-bond acceptors (Lipinski definition) is 4. The van der Waals surface area contributed by atoms with Gasteiger partial charge in [0.2, 0.25) is 0 Å². The summed E-state index contributed by atoms with van der Waals surface area (Å²) in [7, 11) is -2.96. The second kappa shape index (κ2) is 6.48. The minimum absolute atomic E-state index is 0.0638. The Bertz CT molecular complexity index is 874. The molecule has 0 aliphatic carbocycles. The summed E-state index contributed by atoms with van der Waals surface area (Å²) in [5.41, 5.74) is 1.73. The van der Waals surface area contributed by atoms with E-state index < -0.39 is 9.84 Å². The van der Waals surface area contributed by atoms with E-state index >= 15 is 0 Å². The molecular weight excluding hydrogens is 332 g/mol. The van der Waals surface area contributed by atoms with Gasteiger partial charge in [-0.1, -0.05) is 29.7 Å². The number of benzene rings is 1. The lowest BCUT2D eigenvalue weighted by Crippen LogP contribution is -2.36. The van der Waals surface area contributed by atoms with Crippen molar-refractivity contribution in [2.45, 2.75) is 19.0 Å². The van der Waals surface area contributed by atoms with Crippen LogP contribution in [-0.4, -0.2) is 42.4 Å². The van der Waals surface area contributed by atoms with Crippen molar-refractivity contribution in [3.63, 3.8) is 0 Å². The van der Waals surface area contributed by atoms with E-state index in [0.29, 0.717) is 24.5 Å².